The molecule has 0 radical (unpaired) electrons. The van der Waals surface area contributed by atoms with Crippen LogP contribution in [0.25, 0.3) is 21.5 Å². The van der Waals surface area contributed by atoms with Crippen molar-refractivity contribution in [1.82, 2.24) is 14.8 Å². The van der Waals surface area contributed by atoms with Gasteiger partial charge in [0.05, 0.1) is 7.11 Å². The van der Waals surface area contributed by atoms with Crippen LogP contribution in [0.15, 0.2) is 24.4 Å². The number of aryl methyl sites for hydroxylation is 1. The Morgan fingerprint density at radius 1 is 1.42 bits per heavy atom. The number of pyridine rings is 1. The Bertz CT molecular complexity index is 867. The largest absolute Gasteiger partial charge is 0.465 e. The molecule has 6 nitrogen and oxygen atoms in total. The van der Waals surface area contributed by atoms with E-state index in [4.69, 9.17) is 14.6 Å². The van der Waals surface area contributed by atoms with Gasteiger partial charge in [0.25, 0.3) is 0 Å². The van der Waals surface area contributed by atoms with E-state index < -0.39 is 0 Å². The zero-order valence-electron chi connectivity index (χ0n) is 14.1. The van der Waals surface area contributed by atoms with Crippen LogP contribution >= 0.6 is 11.3 Å². The van der Waals surface area contributed by atoms with Crippen molar-refractivity contribution in [3.05, 3.63) is 35.0 Å². The van der Waals surface area contributed by atoms with Gasteiger partial charge in [0, 0.05) is 29.4 Å². The highest BCUT2D eigenvalue weighted by atomic mass is 32.1. The fraction of sp³-hybridized carbons (Fsp3) is 0.353. The minimum absolute atomic E-state index is 0.228. The van der Waals surface area contributed by atoms with E-state index in [1.807, 2.05) is 43.7 Å². The monoisotopic (exact) mass is 345 g/mol. The van der Waals surface area contributed by atoms with Crippen LogP contribution in [0.3, 0.4) is 0 Å². The van der Waals surface area contributed by atoms with Gasteiger partial charge in [-0.2, -0.15) is 5.10 Å². The van der Waals surface area contributed by atoms with Gasteiger partial charge in [-0.25, -0.2) is 9.48 Å². The number of hydrogen-bond acceptors (Lipinski definition) is 6. The Hall–Kier alpha value is -2.25. The second-order valence-electron chi connectivity index (χ2n) is 5.36. The number of hydrogen-bond donors (Lipinski definition) is 0. The summed E-state index contributed by atoms with van der Waals surface area (Å²) in [6, 6.07) is 5.75. The fourth-order valence-corrected chi connectivity index (χ4v) is 3.61. The molecule has 0 N–H and O–H groups in total. The van der Waals surface area contributed by atoms with Gasteiger partial charge in [-0.15, -0.1) is 11.3 Å². The number of aromatic nitrogens is 3. The number of esters is 1. The Kier molecular flexibility index (Phi) is 4.64. The third kappa shape index (κ3) is 2.92. The lowest BCUT2D eigenvalue weighted by molar-refractivity contribution is 0.0197. The highest BCUT2D eigenvalue weighted by Gasteiger charge is 2.22. The van der Waals surface area contributed by atoms with Crippen molar-refractivity contribution in [3.8, 4) is 11.3 Å². The molecule has 0 aliphatic heterocycles. The number of rotatable bonds is 5. The smallest absolute Gasteiger partial charge is 0.348 e. The SMILES string of the molecule is CCOC(C)n1nc(-c2ccc(C)nc2)c2cc(C(=O)OC)sc21. The molecule has 0 aromatic carbocycles. The van der Waals surface area contributed by atoms with Crippen molar-refractivity contribution in [2.45, 2.75) is 27.0 Å². The van der Waals surface area contributed by atoms with Gasteiger partial charge < -0.3 is 9.47 Å². The molecule has 0 saturated heterocycles. The number of fused-ring (bicyclic) bond motifs is 1. The van der Waals surface area contributed by atoms with Crippen LogP contribution in [-0.2, 0) is 9.47 Å². The van der Waals surface area contributed by atoms with E-state index in [0.717, 1.165) is 27.2 Å². The van der Waals surface area contributed by atoms with Gasteiger partial charge in [-0.3, -0.25) is 4.98 Å². The fourth-order valence-electron chi connectivity index (χ4n) is 2.51. The number of ether oxygens (including phenoxy) is 2. The summed E-state index contributed by atoms with van der Waals surface area (Å²) < 4.78 is 12.3. The average Bonchev–Trinajstić information content (AvgIpc) is 3.14. The molecule has 1 atom stereocenters. The molecule has 0 saturated carbocycles. The molecule has 24 heavy (non-hydrogen) atoms. The first kappa shape index (κ1) is 16.6. The van der Waals surface area contributed by atoms with Crippen molar-refractivity contribution >= 4 is 27.5 Å². The molecule has 0 amide bonds. The molecule has 7 heteroatoms. The summed E-state index contributed by atoms with van der Waals surface area (Å²) in [7, 11) is 1.38. The van der Waals surface area contributed by atoms with E-state index in [1.54, 1.807) is 6.20 Å². The van der Waals surface area contributed by atoms with E-state index in [9.17, 15) is 4.79 Å². The summed E-state index contributed by atoms with van der Waals surface area (Å²) in [5.41, 5.74) is 2.63. The Balaban J connectivity index is 2.18. The summed E-state index contributed by atoms with van der Waals surface area (Å²) in [4.78, 5) is 17.7. The zero-order chi connectivity index (χ0) is 17.3. The number of carbonyl (C=O) groups excluding carboxylic acids is 1. The van der Waals surface area contributed by atoms with Crippen LogP contribution in [-0.4, -0.2) is 34.5 Å². The summed E-state index contributed by atoms with van der Waals surface area (Å²) in [6.45, 7) is 6.40. The molecule has 3 aromatic rings. The molecule has 0 spiro atoms. The second kappa shape index (κ2) is 6.70. The van der Waals surface area contributed by atoms with Crippen molar-refractivity contribution in [1.29, 1.82) is 0 Å². The molecule has 3 heterocycles. The van der Waals surface area contributed by atoms with E-state index in [2.05, 4.69) is 4.98 Å². The van der Waals surface area contributed by atoms with E-state index in [-0.39, 0.29) is 12.2 Å². The molecular formula is C17H19N3O3S. The van der Waals surface area contributed by atoms with Gasteiger partial charge >= 0.3 is 5.97 Å². The van der Waals surface area contributed by atoms with E-state index >= 15 is 0 Å². The zero-order valence-corrected chi connectivity index (χ0v) is 14.9. The van der Waals surface area contributed by atoms with Crippen LogP contribution in [0.4, 0.5) is 0 Å². The molecule has 0 aliphatic rings. The molecule has 1 unspecified atom stereocenters. The summed E-state index contributed by atoms with van der Waals surface area (Å²) in [5, 5.41) is 5.60. The van der Waals surface area contributed by atoms with Crippen LogP contribution in [0.1, 0.15) is 35.4 Å². The van der Waals surface area contributed by atoms with Crippen molar-refractivity contribution < 1.29 is 14.3 Å². The van der Waals surface area contributed by atoms with Crippen LogP contribution in [0.2, 0.25) is 0 Å². The first-order valence-electron chi connectivity index (χ1n) is 7.70. The first-order valence-corrected chi connectivity index (χ1v) is 8.51. The lowest BCUT2D eigenvalue weighted by Gasteiger charge is -2.12. The predicted octanol–water partition coefficient (Wildman–Crippen LogP) is 3.81. The highest BCUT2D eigenvalue weighted by molar-refractivity contribution is 7.20. The van der Waals surface area contributed by atoms with Gasteiger partial charge in [0.1, 0.15) is 21.6 Å². The Morgan fingerprint density at radius 2 is 2.21 bits per heavy atom. The van der Waals surface area contributed by atoms with Crippen LogP contribution in [0.5, 0.6) is 0 Å². The molecule has 0 fully saturated rings. The van der Waals surface area contributed by atoms with E-state index in [1.165, 1.54) is 18.4 Å². The number of carbonyl (C=O) groups is 1. The highest BCUT2D eigenvalue weighted by Crippen LogP contribution is 2.35. The molecule has 3 aromatic heterocycles. The maximum absolute atomic E-state index is 11.9. The van der Waals surface area contributed by atoms with Crippen molar-refractivity contribution in [2.75, 3.05) is 13.7 Å². The first-order chi connectivity index (χ1) is 11.5. The second-order valence-corrected chi connectivity index (χ2v) is 6.39. The van der Waals surface area contributed by atoms with Crippen molar-refractivity contribution in [2.24, 2.45) is 0 Å². The maximum Gasteiger partial charge on any atom is 0.348 e. The van der Waals surface area contributed by atoms with Crippen molar-refractivity contribution in [3.63, 3.8) is 0 Å². The average molecular weight is 345 g/mol. The normalized spacial score (nSPS) is 12.5. The Labute approximate surface area is 144 Å². The van der Waals surface area contributed by atoms with Crippen LogP contribution in [0, 0.1) is 6.92 Å². The molecular weight excluding hydrogens is 326 g/mol. The van der Waals surface area contributed by atoms with E-state index in [0.29, 0.717) is 11.5 Å². The van der Waals surface area contributed by atoms with Gasteiger partial charge in [-0.1, -0.05) is 0 Å². The van der Waals surface area contributed by atoms with Gasteiger partial charge in [0.15, 0.2) is 0 Å². The maximum atomic E-state index is 11.9. The molecule has 126 valence electrons. The predicted molar refractivity (Wildman–Crippen MR) is 93.3 cm³/mol. The summed E-state index contributed by atoms with van der Waals surface area (Å²) in [6.07, 6.45) is 1.57. The lowest BCUT2D eigenvalue weighted by atomic mass is 10.1. The number of nitrogens with zero attached hydrogens (tertiary/aromatic N) is 3. The number of methoxy groups -OCH3 is 1. The quantitative estimate of drug-likeness (QED) is 0.658. The molecule has 0 aliphatic carbocycles. The third-order valence-electron chi connectivity index (χ3n) is 3.71. The van der Waals surface area contributed by atoms with Gasteiger partial charge in [0.2, 0.25) is 0 Å². The summed E-state index contributed by atoms with van der Waals surface area (Å²) >= 11 is 1.35. The van der Waals surface area contributed by atoms with Gasteiger partial charge in [-0.05, 0) is 39.0 Å². The minimum Gasteiger partial charge on any atom is -0.465 e. The summed E-state index contributed by atoms with van der Waals surface area (Å²) in [5.74, 6) is -0.347. The molecule has 3 rings (SSSR count). The Morgan fingerprint density at radius 3 is 2.83 bits per heavy atom. The molecule has 0 bridgehead atoms. The lowest BCUT2D eigenvalue weighted by Crippen LogP contribution is -2.10. The van der Waals surface area contributed by atoms with Crippen LogP contribution < -0.4 is 0 Å². The topological polar surface area (TPSA) is 66.2 Å². The minimum atomic E-state index is -0.347. The third-order valence-corrected chi connectivity index (χ3v) is 4.81. The standard InChI is InChI=1S/C17H19N3O3S/c1-5-23-11(3)20-16-13(8-14(24-16)17(21)22-4)15(19-20)12-7-6-10(2)18-9-12/h6-9,11H,5H2,1-4H3. The number of thiophene rings is 1.